The summed E-state index contributed by atoms with van der Waals surface area (Å²) in [6.07, 6.45) is 5.01. The minimum Gasteiger partial charge on any atom is -0.315 e. The number of nitrogens with one attached hydrogen (secondary N) is 1. The first-order valence-corrected chi connectivity index (χ1v) is 8.51. The van der Waals surface area contributed by atoms with Crippen LogP contribution < -0.4 is 5.32 Å². The van der Waals surface area contributed by atoms with Gasteiger partial charge in [0.05, 0.1) is 5.25 Å². The average Bonchev–Trinajstić information content (AvgIpc) is 2.82. The third-order valence-corrected chi connectivity index (χ3v) is 7.01. The SMILES string of the molecule is CN(C1CCC(C)(C)CC1)S(=O)(=O)C1CCNC1. The van der Waals surface area contributed by atoms with Gasteiger partial charge in [-0.1, -0.05) is 13.8 Å². The normalized spacial score (nSPS) is 29.9. The van der Waals surface area contributed by atoms with Crippen molar-refractivity contribution in [2.24, 2.45) is 5.41 Å². The van der Waals surface area contributed by atoms with Crippen LogP contribution in [0.2, 0.25) is 0 Å². The molecule has 1 aliphatic carbocycles. The van der Waals surface area contributed by atoms with E-state index >= 15 is 0 Å². The van der Waals surface area contributed by atoms with Crippen LogP contribution in [0.15, 0.2) is 0 Å². The minimum absolute atomic E-state index is 0.211. The zero-order valence-corrected chi connectivity index (χ0v) is 12.6. The molecule has 1 aliphatic heterocycles. The van der Waals surface area contributed by atoms with E-state index in [-0.39, 0.29) is 11.3 Å². The molecule has 4 nitrogen and oxygen atoms in total. The van der Waals surface area contributed by atoms with Gasteiger partial charge >= 0.3 is 0 Å². The zero-order chi connectivity index (χ0) is 13.4. The quantitative estimate of drug-likeness (QED) is 0.850. The van der Waals surface area contributed by atoms with Gasteiger partial charge in [-0.2, -0.15) is 0 Å². The second-order valence-corrected chi connectivity index (χ2v) is 8.84. The van der Waals surface area contributed by atoms with E-state index in [0.29, 0.717) is 12.0 Å². The molecule has 1 saturated carbocycles. The molecule has 0 bridgehead atoms. The average molecular weight is 274 g/mol. The second kappa shape index (κ2) is 5.10. The van der Waals surface area contributed by atoms with Gasteiger partial charge in [0, 0.05) is 19.6 Å². The van der Waals surface area contributed by atoms with Crippen molar-refractivity contribution < 1.29 is 8.42 Å². The van der Waals surface area contributed by atoms with Crippen molar-refractivity contribution in [3.8, 4) is 0 Å². The lowest BCUT2D eigenvalue weighted by molar-refractivity contribution is 0.173. The molecule has 106 valence electrons. The molecule has 2 aliphatic rings. The van der Waals surface area contributed by atoms with Gasteiger partial charge in [0.15, 0.2) is 0 Å². The van der Waals surface area contributed by atoms with E-state index in [2.05, 4.69) is 19.2 Å². The zero-order valence-electron chi connectivity index (χ0n) is 11.8. The monoisotopic (exact) mass is 274 g/mol. The van der Waals surface area contributed by atoms with Gasteiger partial charge in [-0.15, -0.1) is 0 Å². The van der Waals surface area contributed by atoms with Crippen LogP contribution >= 0.6 is 0 Å². The van der Waals surface area contributed by atoms with Crippen LogP contribution in [-0.4, -0.2) is 44.2 Å². The predicted octanol–water partition coefficient (Wildman–Crippen LogP) is 1.58. The van der Waals surface area contributed by atoms with Crippen molar-refractivity contribution in [2.45, 2.75) is 57.2 Å². The molecule has 2 fully saturated rings. The first-order chi connectivity index (χ1) is 8.33. The Bertz CT molecular complexity index is 376. The molecule has 1 unspecified atom stereocenters. The Hall–Kier alpha value is -0.130. The van der Waals surface area contributed by atoms with Gasteiger partial charge in [0.1, 0.15) is 0 Å². The number of hydrogen-bond acceptors (Lipinski definition) is 3. The predicted molar refractivity (Wildman–Crippen MR) is 74.0 cm³/mol. The molecule has 1 N–H and O–H groups in total. The van der Waals surface area contributed by atoms with Crippen molar-refractivity contribution in [1.29, 1.82) is 0 Å². The van der Waals surface area contributed by atoms with Crippen molar-refractivity contribution in [3.05, 3.63) is 0 Å². The van der Waals surface area contributed by atoms with Crippen molar-refractivity contribution in [2.75, 3.05) is 20.1 Å². The van der Waals surface area contributed by atoms with E-state index in [1.54, 1.807) is 11.4 Å². The lowest BCUT2D eigenvalue weighted by Gasteiger charge is -2.38. The summed E-state index contributed by atoms with van der Waals surface area (Å²) in [4.78, 5) is 0. The Balaban J connectivity index is 2.01. The van der Waals surface area contributed by atoms with E-state index in [9.17, 15) is 8.42 Å². The topological polar surface area (TPSA) is 49.4 Å². The van der Waals surface area contributed by atoms with E-state index in [0.717, 1.165) is 38.6 Å². The molecule has 1 atom stereocenters. The third-order valence-electron chi connectivity index (χ3n) is 4.66. The Kier molecular flexibility index (Phi) is 4.04. The van der Waals surface area contributed by atoms with Gasteiger partial charge in [0.2, 0.25) is 10.0 Å². The van der Waals surface area contributed by atoms with Crippen LogP contribution in [0.3, 0.4) is 0 Å². The summed E-state index contributed by atoms with van der Waals surface area (Å²) in [6.45, 7) is 6.00. The van der Waals surface area contributed by atoms with Crippen LogP contribution in [0.5, 0.6) is 0 Å². The van der Waals surface area contributed by atoms with E-state index in [4.69, 9.17) is 0 Å². The number of sulfonamides is 1. The summed E-state index contributed by atoms with van der Waals surface area (Å²) in [5, 5.41) is 2.93. The standard InChI is InChI=1S/C13H26N2O2S/c1-13(2)7-4-11(5-8-13)15(3)18(16,17)12-6-9-14-10-12/h11-12,14H,4-10H2,1-3H3. The molecule has 0 spiro atoms. The van der Waals surface area contributed by atoms with E-state index < -0.39 is 10.0 Å². The van der Waals surface area contributed by atoms with Crippen molar-refractivity contribution in [3.63, 3.8) is 0 Å². The smallest absolute Gasteiger partial charge is 0.218 e. The maximum absolute atomic E-state index is 12.5. The maximum atomic E-state index is 12.5. The Morgan fingerprint density at radius 3 is 2.28 bits per heavy atom. The highest BCUT2D eigenvalue weighted by Gasteiger charge is 2.38. The van der Waals surface area contributed by atoms with Gasteiger partial charge in [-0.25, -0.2) is 12.7 Å². The molecule has 5 heteroatoms. The molecule has 0 aromatic rings. The van der Waals surface area contributed by atoms with E-state index in [1.165, 1.54) is 0 Å². The molecule has 1 heterocycles. The van der Waals surface area contributed by atoms with Gasteiger partial charge < -0.3 is 5.32 Å². The Morgan fingerprint density at radius 2 is 1.78 bits per heavy atom. The molecular formula is C13H26N2O2S. The molecule has 0 aromatic carbocycles. The summed E-state index contributed by atoms with van der Waals surface area (Å²) in [7, 11) is -1.33. The fourth-order valence-corrected chi connectivity index (χ4v) is 4.91. The molecule has 0 radical (unpaired) electrons. The van der Waals surface area contributed by atoms with Crippen molar-refractivity contribution >= 4 is 10.0 Å². The molecule has 1 saturated heterocycles. The second-order valence-electron chi connectivity index (χ2n) is 6.57. The Morgan fingerprint density at radius 1 is 1.17 bits per heavy atom. The minimum atomic E-state index is -3.10. The molecule has 0 aromatic heterocycles. The summed E-state index contributed by atoms with van der Waals surface area (Å²) < 4.78 is 26.6. The lowest BCUT2D eigenvalue weighted by atomic mass is 9.76. The first-order valence-electron chi connectivity index (χ1n) is 7.00. The van der Waals surface area contributed by atoms with Crippen molar-refractivity contribution in [1.82, 2.24) is 9.62 Å². The largest absolute Gasteiger partial charge is 0.315 e. The number of hydrogen-bond donors (Lipinski definition) is 1. The summed E-state index contributed by atoms with van der Waals surface area (Å²) in [5.74, 6) is 0. The first kappa shape index (κ1) is 14.3. The molecular weight excluding hydrogens is 248 g/mol. The summed E-state index contributed by atoms with van der Waals surface area (Å²) in [5.41, 5.74) is 0.385. The summed E-state index contributed by atoms with van der Waals surface area (Å²) in [6, 6.07) is 0.212. The lowest BCUT2D eigenvalue weighted by Crippen LogP contribution is -2.45. The van der Waals surface area contributed by atoms with Crippen LogP contribution in [0.4, 0.5) is 0 Å². The third kappa shape index (κ3) is 2.89. The number of nitrogens with zero attached hydrogens (tertiary/aromatic N) is 1. The summed E-state index contributed by atoms with van der Waals surface area (Å²) >= 11 is 0. The Labute approximate surface area is 111 Å². The van der Waals surface area contributed by atoms with Gasteiger partial charge in [0.25, 0.3) is 0 Å². The molecule has 0 amide bonds. The van der Waals surface area contributed by atoms with Crippen LogP contribution in [0, 0.1) is 5.41 Å². The fourth-order valence-electron chi connectivity index (χ4n) is 3.07. The van der Waals surface area contributed by atoms with Crippen LogP contribution in [0.1, 0.15) is 46.0 Å². The van der Waals surface area contributed by atoms with Crippen LogP contribution in [-0.2, 0) is 10.0 Å². The molecule has 2 rings (SSSR count). The highest BCUT2D eigenvalue weighted by molar-refractivity contribution is 7.89. The van der Waals surface area contributed by atoms with Gasteiger partial charge in [-0.3, -0.25) is 0 Å². The number of rotatable bonds is 3. The van der Waals surface area contributed by atoms with Gasteiger partial charge in [-0.05, 0) is 44.1 Å². The highest BCUT2D eigenvalue weighted by Crippen LogP contribution is 2.37. The highest BCUT2D eigenvalue weighted by atomic mass is 32.2. The fraction of sp³-hybridized carbons (Fsp3) is 1.00. The van der Waals surface area contributed by atoms with E-state index in [1.807, 2.05) is 0 Å². The molecule has 18 heavy (non-hydrogen) atoms. The maximum Gasteiger partial charge on any atom is 0.218 e. The van der Waals surface area contributed by atoms with Crippen LogP contribution in [0.25, 0.3) is 0 Å².